The number of oxazole rings is 1. The third kappa shape index (κ3) is 3.17. The predicted molar refractivity (Wildman–Crippen MR) is 161 cm³/mol. The maximum atomic E-state index is 6.35. The van der Waals surface area contributed by atoms with Crippen LogP contribution in [0.1, 0.15) is 0 Å². The minimum Gasteiger partial charge on any atom is -0.435 e. The molecule has 13 heteroatoms. The van der Waals surface area contributed by atoms with E-state index in [-0.39, 0.29) is 0 Å². The van der Waals surface area contributed by atoms with E-state index in [1.807, 2.05) is 29.0 Å². The maximum Gasteiger partial charge on any atom is 0.230 e. The molecule has 9 heterocycles. The van der Waals surface area contributed by atoms with Gasteiger partial charge in [0.25, 0.3) is 0 Å². The highest BCUT2D eigenvalue weighted by atomic mass is 32.1. The number of fused-ring (bicyclic) bond motifs is 4. The van der Waals surface area contributed by atoms with Crippen LogP contribution in [0.2, 0.25) is 0 Å². The molecule has 0 aliphatic carbocycles. The molecule has 0 atom stereocenters. The normalized spacial score (nSPS) is 12.2. The fourth-order valence-electron chi connectivity index (χ4n) is 4.42. The Hall–Kier alpha value is -3.33. The van der Waals surface area contributed by atoms with Gasteiger partial charge in [-0.1, -0.05) is 11.3 Å². The van der Waals surface area contributed by atoms with Crippen LogP contribution in [-0.2, 0) is 0 Å². The van der Waals surface area contributed by atoms with Gasteiger partial charge in [-0.05, 0) is 46.5 Å². The number of rotatable bonds is 4. The van der Waals surface area contributed by atoms with E-state index in [4.69, 9.17) is 24.4 Å². The summed E-state index contributed by atoms with van der Waals surface area (Å²) in [7, 11) is 0. The van der Waals surface area contributed by atoms with Crippen molar-refractivity contribution in [3.63, 3.8) is 0 Å². The minimum atomic E-state index is 0.567. The topological polar surface area (TPSA) is 93.4 Å². The zero-order valence-electron chi connectivity index (χ0n) is 18.8. The van der Waals surface area contributed by atoms with Crippen molar-refractivity contribution in [2.24, 2.45) is 0 Å². The van der Waals surface area contributed by atoms with Crippen molar-refractivity contribution >= 4 is 109 Å². The van der Waals surface area contributed by atoms with Gasteiger partial charge in [0.05, 0.1) is 25.5 Å². The molecule has 0 aliphatic heterocycles. The highest BCUT2D eigenvalue weighted by Crippen LogP contribution is 2.54. The van der Waals surface area contributed by atoms with E-state index in [9.17, 15) is 0 Å². The standard InChI is InChI=1S/C25H10N6OS6/c1-2-10-20(26-6-1)38-25(28-10)17-15(24-31-23-13(36-24)5-9-35-23)14(19-30-22-12(32-19)4-8-34-22)16(37-17)18-27-11-3-7-33-21(11)29-18/h1-9H,(H,27,29). The summed E-state index contributed by atoms with van der Waals surface area (Å²) >= 11 is 9.74. The van der Waals surface area contributed by atoms with Crippen molar-refractivity contribution in [2.75, 3.05) is 0 Å². The zero-order valence-corrected chi connectivity index (χ0v) is 23.7. The molecule has 0 fully saturated rings. The fourth-order valence-corrected chi connectivity index (χ4v) is 10.1. The van der Waals surface area contributed by atoms with Crippen LogP contribution in [0.25, 0.3) is 83.2 Å². The molecule has 0 saturated carbocycles. The Kier molecular flexibility index (Phi) is 4.59. The average Bonchev–Trinajstić information content (AvgIpc) is 3.74. The van der Waals surface area contributed by atoms with Crippen LogP contribution in [0.3, 0.4) is 0 Å². The van der Waals surface area contributed by atoms with E-state index in [2.05, 4.69) is 27.5 Å². The van der Waals surface area contributed by atoms with Crippen LogP contribution >= 0.6 is 68.0 Å². The van der Waals surface area contributed by atoms with E-state index < -0.39 is 0 Å². The number of hydrogen-bond acceptors (Lipinski definition) is 12. The molecule has 9 rings (SSSR count). The van der Waals surface area contributed by atoms with Gasteiger partial charge in [-0.15, -0.1) is 56.7 Å². The van der Waals surface area contributed by atoms with Crippen LogP contribution in [0.5, 0.6) is 0 Å². The lowest BCUT2D eigenvalue weighted by Gasteiger charge is -2.02. The molecule has 0 spiro atoms. The molecule has 7 nitrogen and oxygen atoms in total. The van der Waals surface area contributed by atoms with Gasteiger partial charge >= 0.3 is 0 Å². The van der Waals surface area contributed by atoms with E-state index >= 15 is 0 Å². The lowest BCUT2D eigenvalue weighted by atomic mass is 10.1. The first kappa shape index (κ1) is 21.6. The van der Waals surface area contributed by atoms with Gasteiger partial charge in [0, 0.05) is 11.8 Å². The molecular weight excluding hydrogens is 593 g/mol. The summed E-state index contributed by atoms with van der Waals surface area (Å²) < 4.78 is 7.51. The molecule has 0 amide bonds. The first-order valence-corrected chi connectivity index (χ1v) is 16.4. The van der Waals surface area contributed by atoms with Crippen LogP contribution in [0, 0.1) is 0 Å². The number of hydrogen-bond donors (Lipinski definition) is 1. The van der Waals surface area contributed by atoms with Crippen molar-refractivity contribution in [2.45, 2.75) is 0 Å². The van der Waals surface area contributed by atoms with Crippen molar-refractivity contribution in [3.05, 3.63) is 52.7 Å². The van der Waals surface area contributed by atoms with E-state index in [1.54, 1.807) is 74.2 Å². The Bertz CT molecular complexity index is 2160. The molecular formula is C25H10N6OS6. The summed E-state index contributed by atoms with van der Waals surface area (Å²) in [5.74, 6) is 1.36. The number of thiazole rings is 2. The zero-order chi connectivity index (χ0) is 24.8. The number of aromatic nitrogens is 6. The van der Waals surface area contributed by atoms with Crippen molar-refractivity contribution in [1.29, 1.82) is 0 Å². The van der Waals surface area contributed by atoms with Crippen LogP contribution in [-0.4, -0.2) is 29.9 Å². The molecule has 182 valence electrons. The summed E-state index contributed by atoms with van der Waals surface area (Å²) in [4.78, 5) is 33.7. The molecule has 0 bridgehead atoms. The molecule has 1 N–H and O–H groups in total. The molecule has 0 radical (unpaired) electrons. The SMILES string of the molecule is c1cnc2sc(-c3sc(-c4nc5sccc5[nH]4)c(-c4nc5sccc5o4)c3-c3nc4sccc4s3)nc2c1. The minimum absolute atomic E-state index is 0.567. The lowest BCUT2D eigenvalue weighted by Crippen LogP contribution is -1.86. The largest absolute Gasteiger partial charge is 0.435 e. The Morgan fingerprint density at radius 2 is 1.58 bits per heavy atom. The number of pyridine rings is 1. The molecule has 0 unspecified atom stereocenters. The molecule has 0 saturated heterocycles. The monoisotopic (exact) mass is 602 g/mol. The fraction of sp³-hybridized carbons (Fsp3) is 0. The molecule has 9 aromatic rings. The van der Waals surface area contributed by atoms with E-state index in [0.717, 1.165) is 77.4 Å². The second kappa shape index (κ2) is 8.09. The van der Waals surface area contributed by atoms with Gasteiger partial charge in [-0.3, -0.25) is 0 Å². The highest BCUT2D eigenvalue weighted by molar-refractivity contribution is 7.29. The second-order valence-corrected chi connectivity index (χ2v) is 14.0. The summed E-state index contributed by atoms with van der Waals surface area (Å²) in [6.45, 7) is 0. The third-order valence-electron chi connectivity index (χ3n) is 6.06. The Balaban J connectivity index is 1.40. The Morgan fingerprint density at radius 1 is 0.684 bits per heavy atom. The highest BCUT2D eigenvalue weighted by Gasteiger charge is 2.31. The Morgan fingerprint density at radius 3 is 2.47 bits per heavy atom. The van der Waals surface area contributed by atoms with Gasteiger partial charge in [-0.25, -0.2) is 19.9 Å². The van der Waals surface area contributed by atoms with Crippen molar-refractivity contribution in [1.82, 2.24) is 29.9 Å². The number of nitrogens with one attached hydrogen (secondary N) is 1. The van der Waals surface area contributed by atoms with Crippen LogP contribution in [0.15, 0.2) is 57.1 Å². The van der Waals surface area contributed by atoms with Gasteiger partial charge in [0.2, 0.25) is 5.89 Å². The first-order valence-electron chi connectivity index (χ1n) is 11.3. The second-order valence-electron chi connectivity index (χ2n) is 8.30. The number of H-pyrrole nitrogens is 1. The van der Waals surface area contributed by atoms with Gasteiger partial charge in [-0.2, -0.15) is 4.98 Å². The van der Waals surface area contributed by atoms with Gasteiger partial charge < -0.3 is 9.40 Å². The summed E-state index contributed by atoms with van der Waals surface area (Å²) in [5.41, 5.74) is 4.54. The van der Waals surface area contributed by atoms with E-state index in [0.29, 0.717) is 5.89 Å². The molecule has 0 aliphatic rings. The van der Waals surface area contributed by atoms with Crippen LogP contribution < -0.4 is 0 Å². The van der Waals surface area contributed by atoms with Gasteiger partial charge in [0.1, 0.15) is 35.8 Å². The average molecular weight is 603 g/mol. The molecule has 0 aromatic carbocycles. The van der Waals surface area contributed by atoms with Crippen molar-refractivity contribution < 1.29 is 4.42 Å². The third-order valence-corrected chi connectivity index (χ3v) is 12.0. The number of aromatic amines is 1. The summed E-state index contributed by atoms with van der Waals surface area (Å²) in [5, 5.41) is 7.93. The lowest BCUT2D eigenvalue weighted by molar-refractivity contribution is 0.621. The first-order chi connectivity index (χ1) is 18.8. The molecule has 9 aromatic heterocycles. The smallest absolute Gasteiger partial charge is 0.230 e. The van der Waals surface area contributed by atoms with E-state index in [1.165, 1.54) is 0 Å². The summed E-state index contributed by atoms with van der Waals surface area (Å²) in [6, 6.07) is 10.1. The molecule has 38 heavy (non-hydrogen) atoms. The quantitative estimate of drug-likeness (QED) is 0.216. The van der Waals surface area contributed by atoms with Crippen LogP contribution in [0.4, 0.5) is 0 Å². The number of nitrogens with zero attached hydrogens (tertiary/aromatic N) is 5. The number of thiophene rings is 4. The van der Waals surface area contributed by atoms with Gasteiger partial charge in [0.15, 0.2) is 10.4 Å². The number of imidazole rings is 1. The van der Waals surface area contributed by atoms with Crippen molar-refractivity contribution in [3.8, 4) is 42.6 Å². The predicted octanol–water partition coefficient (Wildman–Crippen LogP) is 9.23. The summed E-state index contributed by atoms with van der Waals surface area (Å²) in [6.07, 6.45) is 1.81. The Labute approximate surface area is 236 Å². The maximum absolute atomic E-state index is 6.35.